The Morgan fingerprint density at radius 3 is 2.63 bits per heavy atom. The van der Waals surface area contributed by atoms with Gasteiger partial charge in [-0.05, 0) is 56.6 Å². The molecule has 2 aliphatic carbocycles. The SMILES string of the molecule is COc1ccc2c(OCC[C@@H]3NC(=O)CCCCCC=C[C@@H]4C[C@@]4(C(=O)NS(=O)(=O)C4CCCC4)NC3=O)cc(-c3nc(C(C)C)cs3)nc2c1F. The fraction of sp³-hybridized carbons (Fsp3) is 0.541. The van der Waals surface area contributed by atoms with Gasteiger partial charge in [0.1, 0.15) is 33.5 Å². The fourth-order valence-corrected chi connectivity index (χ4v) is 9.36. The van der Waals surface area contributed by atoms with Crippen LogP contribution in [0.5, 0.6) is 11.5 Å². The van der Waals surface area contributed by atoms with Gasteiger partial charge in [0.25, 0.3) is 5.91 Å². The van der Waals surface area contributed by atoms with Gasteiger partial charge >= 0.3 is 0 Å². The summed E-state index contributed by atoms with van der Waals surface area (Å²) in [5.41, 5.74) is -0.153. The van der Waals surface area contributed by atoms with Gasteiger partial charge in [-0.3, -0.25) is 19.1 Å². The first-order valence-corrected chi connectivity index (χ1v) is 20.4. The highest BCUT2D eigenvalue weighted by molar-refractivity contribution is 7.90. The van der Waals surface area contributed by atoms with Crippen molar-refractivity contribution in [1.82, 2.24) is 25.3 Å². The second kappa shape index (κ2) is 15.9. The predicted octanol–water partition coefficient (Wildman–Crippen LogP) is 5.67. The summed E-state index contributed by atoms with van der Waals surface area (Å²) in [6.07, 6.45) is 9.85. The third-order valence-corrected chi connectivity index (χ3v) is 12.8. The maximum absolute atomic E-state index is 15.6. The van der Waals surface area contributed by atoms with Gasteiger partial charge in [0.2, 0.25) is 21.8 Å². The summed E-state index contributed by atoms with van der Waals surface area (Å²) < 4.78 is 55.4. The lowest BCUT2D eigenvalue weighted by atomic mass is 10.1. The lowest BCUT2D eigenvalue weighted by Gasteiger charge is -2.24. The quantitative estimate of drug-likeness (QED) is 0.221. The third-order valence-electron chi connectivity index (χ3n) is 10.1. The van der Waals surface area contributed by atoms with Crippen LogP contribution in [0.2, 0.25) is 0 Å². The van der Waals surface area contributed by atoms with Crippen LogP contribution in [0.4, 0.5) is 4.39 Å². The van der Waals surface area contributed by atoms with Crippen molar-refractivity contribution >= 4 is 50.0 Å². The Hall–Kier alpha value is -4.11. The third kappa shape index (κ3) is 8.25. The number of amides is 3. The first-order chi connectivity index (χ1) is 24.9. The molecule has 0 spiro atoms. The normalized spacial score (nSPS) is 23.1. The lowest BCUT2D eigenvalue weighted by Crippen LogP contribution is -2.57. The van der Waals surface area contributed by atoms with Crippen LogP contribution >= 0.6 is 11.3 Å². The Kier molecular flexibility index (Phi) is 11.5. The molecule has 3 aliphatic rings. The molecule has 2 saturated carbocycles. The number of methoxy groups -OCH3 is 1. The molecule has 12 nitrogen and oxygen atoms in total. The van der Waals surface area contributed by atoms with Gasteiger partial charge in [-0.2, -0.15) is 0 Å². The average Bonchev–Trinajstić information content (AvgIpc) is 3.47. The highest BCUT2D eigenvalue weighted by atomic mass is 32.2. The summed E-state index contributed by atoms with van der Waals surface area (Å²) in [6.45, 7) is 3.98. The number of ether oxygens (including phenoxy) is 2. The molecule has 3 aromatic rings. The van der Waals surface area contributed by atoms with Gasteiger partial charge in [-0.1, -0.05) is 45.3 Å². The summed E-state index contributed by atoms with van der Waals surface area (Å²) in [7, 11) is -2.56. The van der Waals surface area contributed by atoms with Gasteiger partial charge in [0, 0.05) is 35.6 Å². The van der Waals surface area contributed by atoms with Crippen LogP contribution < -0.4 is 24.8 Å². The van der Waals surface area contributed by atoms with E-state index in [9.17, 15) is 22.8 Å². The molecule has 3 N–H and O–H groups in total. The molecule has 3 atom stereocenters. The zero-order valence-corrected chi connectivity index (χ0v) is 31.3. The highest BCUT2D eigenvalue weighted by Gasteiger charge is 2.61. The summed E-state index contributed by atoms with van der Waals surface area (Å²) in [5.74, 6) is -2.27. The summed E-state index contributed by atoms with van der Waals surface area (Å²) >= 11 is 1.38. The van der Waals surface area contributed by atoms with Gasteiger partial charge in [-0.25, -0.2) is 22.8 Å². The van der Waals surface area contributed by atoms with Gasteiger partial charge in [0.05, 0.1) is 24.7 Å². The smallest absolute Gasteiger partial charge is 0.259 e. The summed E-state index contributed by atoms with van der Waals surface area (Å²) in [6, 6.07) is 3.70. The number of benzene rings is 1. The van der Waals surface area contributed by atoms with Crippen LogP contribution in [0.15, 0.2) is 35.7 Å². The number of pyridine rings is 1. The number of rotatable bonds is 10. The molecular weight excluding hydrogens is 710 g/mol. The molecule has 3 heterocycles. The number of nitrogens with zero attached hydrogens (tertiary/aromatic N) is 2. The predicted molar refractivity (Wildman–Crippen MR) is 196 cm³/mol. The Morgan fingerprint density at radius 2 is 1.90 bits per heavy atom. The molecule has 0 bridgehead atoms. The number of carbonyl (C=O) groups is 3. The second-order valence-electron chi connectivity index (χ2n) is 14.2. The fourth-order valence-electron chi connectivity index (χ4n) is 6.86. The molecule has 280 valence electrons. The summed E-state index contributed by atoms with van der Waals surface area (Å²) in [5, 5.41) is 7.89. The van der Waals surface area contributed by atoms with E-state index in [1.807, 2.05) is 31.4 Å². The van der Waals surface area contributed by atoms with Crippen molar-refractivity contribution < 1.29 is 36.7 Å². The number of fused-ring (bicyclic) bond motifs is 2. The molecule has 1 aromatic carbocycles. The maximum atomic E-state index is 15.6. The second-order valence-corrected chi connectivity index (χ2v) is 17.0. The van der Waals surface area contributed by atoms with E-state index in [-0.39, 0.29) is 49.0 Å². The number of hydrogen-bond donors (Lipinski definition) is 3. The number of nitrogens with one attached hydrogen (secondary N) is 3. The van der Waals surface area contributed by atoms with Crippen LogP contribution in [0.3, 0.4) is 0 Å². The zero-order chi connectivity index (χ0) is 37.0. The molecule has 0 radical (unpaired) electrons. The van der Waals surface area contributed by atoms with Crippen molar-refractivity contribution in [2.45, 2.75) is 107 Å². The first-order valence-electron chi connectivity index (χ1n) is 18.0. The Balaban J connectivity index is 1.25. The van der Waals surface area contributed by atoms with Crippen molar-refractivity contribution in [2.75, 3.05) is 13.7 Å². The van der Waals surface area contributed by atoms with Crippen molar-refractivity contribution in [3.8, 4) is 22.2 Å². The van der Waals surface area contributed by atoms with Crippen LogP contribution in [-0.4, -0.2) is 66.7 Å². The monoisotopic (exact) mass is 755 g/mol. The van der Waals surface area contributed by atoms with E-state index in [4.69, 9.17) is 9.47 Å². The minimum absolute atomic E-state index is 0.00267. The number of allylic oxidation sites excluding steroid dienone is 1. The van der Waals surface area contributed by atoms with Gasteiger partial charge < -0.3 is 20.1 Å². The van der Waals surface area contributed by atoms with Crippen LogP contribution in [0, 0.1) is 11.7 Å². The van der Waals surface area contributed by atoms with E-state index in [1.54, 1.807) is 12.1 Å². The minimum atomic E-state index is -3.93. The molecule has 1 aliphatic heterocycles. The van der Waals surface area contributed by atoms with E-state index < -0.39 is 50.4 Å². The Morgan fingerprint density at radius 1 is 1.12 bits per heavy atom. The molecule has 2 aromatic heterocycles. The van der Waals surface area contributed by atoms with Gasteiger partial charge in [0.15, 0.2) is 11.6 Å². The molecule has 3 amide bonds. The molecule has 6 rings (SSSR count). The Bertz CT molecular complexity index is 1960. The van der Waals surface area contributed by atoms with Crippen molar-refractivity contribution in [1.29, 1.82) is 0 Å². The standard InChI is InChI=1S/C37H46FN5O7S2/c1-22(2)28-21-51-35(41-28)27-19-30(25-15-16-29(49-3)32(38)33(25)40-27)50-18-17-26-34(45)42-37(36(46)43-52(47,48)24-12-9-10-13-24)20-23(37)11-7-5-4-6-8-14-31(44)39-26/h7,11,15-16,19,21-24,26H,4-6,8-10,12-14,17-18,20H2,1-3H3,(H,39,44)(H,42,45)(H,43,46)/t23-,26+,37-/m1/s1. The molecule has 0 saturated heterocycles. The van der Waals surface area contributed by atoms with Crippen molar-refractivity contribution in [2.24, 2.45) is 5.92 Å². The van der Waals surface area contributed by atoms with Crippen LogP contribution in [0.1, 0.15) is 96.1 Å². The first kappa shape index (κ1) is 37.6. The molecule has 0 unspecified atom stereocenters. The van der Waals surface area contributed by atoms with Gasteiger partial charge in [-0.15, -0.1) is 11.3 Å². The highest BCUT2D eigenvalue weighted by Crippen LogP contribution is 2.46. The number of carbonyl (C=O) groups excluding carboxylic acids is 3. The van der Waals surface area contributed by atoms with Crippen molar-refractivity contribution in [3.63, 3.8) is 0 Å². The number of sulfonamides is 1. The summed E-state index contributed by atoms with van der Waals surface area (Å²) in [4.78, 5) is 49.9. The molecular formula is C37H46FN5O7S2. The van der Waals surface area contributed by atoms with E-state index in [2.05, 4.69) is 25.3 Å². The molecule has 15 heteroatoms. The Labute approximate surface area is 307 Å². The zero-order valence-electron chi connectivity index (χ0n) is 29.7. The number of aromatic nitrogens is 2. The topological polar surface area (TPSA) is 166 Å². The number of halogens is 1. The van der Waals surface area contributed by atoms with E-state index in [0.717, 1.165) is 37.8 Å². The lowest BCUT2D eigenvalue weighted by molar-refractivity contribution is -0.132. The van der Waals surface area contributed by atoms with E-state index in [1.165, 1.54) is 24.5 Å². The van der Waals surface area contributed by atoms with Crippen LogP contribution in [0.25, 0.3) is 21.6 Å². The number of hydrogen-bond acceptors (Lipinski definition) is 10. The van der Waals surface area contributed by atoms with Crippen LogP contribution in [-0.2, 0) is 24.4 Å². The molecule has 2 fully saturated rings. The van der Waals surface area contributed by atoms with E-state index >= 15 is 4.39 Å². The number of thiazole rings is 1. The van der Waals surface area contributed by atoms with Crippen molar-refractivity contribution in [3.05, 3.63) is 47.2 Å². The molecule has 52 heavy (non-hydrogen) atoms. The minimum Gasteiger partial charge on any atom is -0.494 e. The van der Waals surface area contributed by atoms with E-state index in [0.29, 0.717) is 41.1 Å². The maximum Gasteiger partial charge on any atom is 0.259 e. The average molecular weight is 756 g/mol. The largest absolute Gasteiger partial charge is 0.494 e.